The average molecular weight is 335 g/mol. The van der Waals surface area contributed by atoms with Crippen LogP contribution in [0.4, 0.5) is 0 Å². The number of carbonyl (C=O) groups excluding carboxylic acids is 3. The lowest BCUT2D eigenvalue weighted by Crippen LogP contribution is -2.47. The fourth-order valence-electron chi connectivity index (χ4n) is 3.64. The Kier molecular flexibility index (Phi) is 3.46. The highest BCUT2D eigenvalue weighted by atomic mass is 16.7. The topological polar surface area (TPSA) is 63.7 Å². The Balaban J connectivity index is 1.64. The minimum Gasteiger partial charge on any atom is -0.329 e. The van der Waals surface area contributed by atoms with Gasteiger partial charge in [-0.05, 0) is 43.0 Å². The van der Waals surface area contributed by atoms with Crippen molar-refractivity contribution < 1.29 is 19.2 Å². The minimum absolute atomic E-state index is 0.263. The van der Waals surface area contributed by atoms with Crippen molar-refractivity contribution in [1.29, 1.82) is 0 Å². The molecule has 1 saturated carbocycles. The van der Waals surface area contributed by atoms with E-state index in [0.717, 1.165) is 17.5 Å². The molecule has 0 unspecified atom stereocenters. The lowest BCUT2D eigenvalue weighted by molar-refractivity contribution is -0.179. The molecule has 2 aromatic carbocycles. The first-order valence-corrected chi connectivity index (χ1v) is 8.31. The number of amides is 2. The summed E-state index contributed by atoms with van der Waals surface area (Å²) < 4.78 is 0. The van der Waals surface area contributed by atoms with Crippen LogP contribution in [0.1, 0.15) is 51.1 Å². The van der Waals surface area contributed by atoms with Crippen LogP contribution in [0.2, 0.25) is 0 Å². The maximum absolute atomic E-state index is 12.9. The Morgan fingerprint density at radius 1 is 0.960 bits per heavy atom. The van der Waals surface area contributed by atoms with E-state index in [4.69, 9.17) is 4.84 Å². The molecule has 4 rings (SSSR count). The molecule has 2 aliphatic rings. The van der Waals surface area contributed by atoms with Crippen molar-refractivity contribution in [2.75, 3.05) is 0 Å². The van der Waals surface area contributed by atoms with Crippen LogP contribution in [0.5, 0.6) is 0 Å². The average Bonchev–Trinajstić information content (AvgIpc) is 2.81. The molecule has 0 atom stereocenters. The molecule has 1 heterocycles. The van der Waals surface area contributed by atoms with Gasteiger partial charge in [-0.1, -0.05) is 47.9 Å². The van der Waals surface area contributed by atoms with Gasteiger partial charge in [0, 0.05) is 0 Å². The van der Waals surface area contributed by atoms with Crippen LogP contribution in [0, 0.1) is 6.92 Å². The van der Waals surface area contributed by atoms with Gasteiger partial charge >= 0.3 is 5.97 Å². The van der Waals surface area contributed by atoms with Gasteiger partial charge in [0.2, 0.25) is 0 Å². The molecule has 1 aliphatic carbocycles. The van der Waals surface area contributed by atoms with Crippen LogP contribution in [0.15, 0.2) is 48.5 Å². The van der Waals surface area contributed by atoms with E-state index >= 15 is 0 Å². The quantitative estimate of drug-likeness (QED) is 0.808. The smallest absolute Gasteiger partial charge is 0.329 e. The number of nitrogens with zero attached hydrogens (tertiary/aromatic N) is 1. The van der Waals surface area contributed by atoms with Crippen LogP contribution in [-0.2, 0) is 15.0 Å². The van der Waals surface area contributed by atoms with Gasteiger partial charge in [-0.15, -0.1) is 0 Å². The second kappa shape index (κ2) is 5.55. The van der Waals surface area contributed by atoms with Crippen molar-refractivity contribution in [3.8, 4) is 0 Å². The highest BCUT2D eigenvalue weighted by Gasteiger charge is 2.50. The second-order valence-electron chi connectivity index (χ2n) is 6.58. The summed E-state index contributed by atoms with van der Waals surface area (Å²) in [5, 5.41) is 0.603. The normalized spacial score (nSPS) is 17.9. The van der Waals surface area contributed by atoms with Crippen LogP contribution in [-0.4, -0.2) is 22.8 Å². The SMILES string of the molecule is Cc1ccccc1C1(C(=O)ON2C(=O)c3ccccc3C2=O)CCC1. The molecule has 0 bridgehead atoms. The molecule has 2 aromatic rings. The first-order valence-electron chi connectivity index (χ1n) is 8.31. The Morgan fingerprint density at radius 2 is 1.52 bits per heavy atom. The van der Waals surface area contributed by atoms with Crippen molar-refractivity contribution in [3.05, 3.63) is 70.8 Å². The molecule has 1 aliphatic heterocycles. The predicted molar refractivity (Wildman–Crippen MR) is 89.7 cm³/mol. The molecule has 2 amide bonds. The van der Waals surface area contributed by atoms with Gasteiger partial charge in [0.05, 0.1) is 16.5 Å². The second-order valence-corrected chi connectivity index (χ2v) is 6.58. The Hall–Kier alpha value is -2.95. The summed E-state index contributed by atoms with van der Waals surface area (Å²) in [4.78, 5) is 43.1. The monoisotopic (exact) mass is 335 g/mol. The molecule has 5 nitrogen and oxygen atoms in total. The molecule has 25 heavy (non-hydrogen) atoms. The number of fused-ring (bicyclic) bond motifs is 1. The molecule has 0 saturated heterocycles. The molecule has 0 N–H and O–H groups in total. The molecule has 5 heteroatoms. The number of carbonyl (C=O) groups is 3. The summed E-state index contributed by atoms with van der Waals surface area (Å²) in [6, 6.07) is 14.1. The zero-order valence-corrected chi connectivity index (χ0v) is 13.8. The van der Waals surface area contributed by atoms with Gasteiger partial charge in [-0.3, -0.25) is 9.59 Å². The van der Waals surface area contributed by atoms with Crippen molar-refractivity contribution in [2.45, 2.75) is 31.6 Å². The molecule has 0 spiro atoms. The van der Waals surface area contributed by atoms with Crippen molar-refractivity contribution in [2.24, 2.45) is 0 Å². The fourth-order valence-corrected chi connectivity index (χ4v) is 3.64. The van der Waals surface area contributed by atoms with Crippen molar-refractivity contribution >= 4 is 17.8 Å². The van der Waals surface area contributed by atoms with E-state index in [1.54, 1.807) is 24.3 Å². The number of rotatable bonds is 3. The van der Waals surface area contributed by atoms with E-state index in [9.17, 15) is 14.4 Å². The van der Waals surface area contributed by atoms with E-state index in [2.05, 4.69) is 0 Å². The van der Waals surface area contributed by atoms with Gasteiger partial charge < -0.3 is 4.84 Å². The third-order valence-corrected chi connectivity index (χ3v) is 5.19. The minimum atomic E-state index is -0.777. The van der Waals surface area contributed by atoms with Gasteiger partial charge in [0.25, 0.3) is 11.8 Å². The van der Waals surface area contributed by atoms with Gasteiger partial charge in [0.15, 0.2) is 0 Å². The summed E-state index contributed by atoms with van der Waals surface area (Å²) in [6.45, 7) is 1.95. The zero-order chi connectivity index (χ0) is 17.6. The van der Waals surface area contributed by atoms with Crippen molar-refractivity contribution in [1.82, 2.24) is 5.06 Å². The Labute approximate surface area is 145 Å². The lowest BCUT2D eigenvalue weighted by atomic mass is 9.63. The summed E-state index contributed by atoms with van der Waals surface area (Å²) in [7, 11) is 0. The molecule has 126 valence electrons. The van der Waals surface area contributed by atoms with Crippen LogP contribution >= 0.6 is 0 Å². The van der Waals surface area contributed by atoms with Gasteiger partial charge in [-0.2, -0.15) is 0 Å². The zero-order valence-electron chi connectivity index (χ0n) is 13.8. The summed E-state index contributed by atoms with van der Waals surface area (Å²) >= 11 is 0. The summed E-state index contributed by atoms with van der Waals surface area (Å²) in [6.07, 6.45) is 2.21. The Morgan fingerprint density at radius 3 is 2.04 bits per heavy atom. The summed E-state index contributed by atoms with van der Waals surface area (Å²) in [5.74, 6) is -1.72. The van der Waals surface area contributed by atoms with E-state index in [-0.39, 0.29) is 11.1 Å². The number of hydrogen-bond donors (Lipinski definition) is 0. The molecule has 1 fully saturated rings. The maximum Gasteiger partial charge on any atom is 0.343 e. The number of hydrogen-bond acceptors (Lipinski definition) is 4. The standard InChI is InChI=1S/C20H17NO4/c1-13-7-2-5-10-16(13)20(11-6-12-20)19(24)25-21-17(22)14-8-3-4-9-15(14)18(21)23/h2-5,7-10H,6,11-12H2,1H3. The third-order valence-electron chi connectivity index (χ3n) is 5.19. The first kappa shape index (κ1) is 15.6. The number of aryl methyl sites for hydroxylation is 1. The van der Waals surface area contributed by atoms with Crippen LogP contribution < -0.4 is 0 Å². The molecule has 0 aromatic heterocycles. The van der Waals surface area contributed by atoms with E-state index < -0.39 is 23.2 Å². The highest BCUT2D eigenvalue weighted by molar-refractivity contribution is 6.21. The molecule has 0 radical (unpaired) electrons. The number of hydroxylamine groups is 2. The van der Waals surface area contributed by atoms with Crippen LogP contribution in [0.3, 0.4) is 0 Å². The maximum atomic E-state index is 12.9. The van der Waals surface area contributed by atoms with E-state index in [1.165, 1.54) is 0 Å². The highest BCUT2D eigenvalue weighted by Crippen LogP contribution is 2.46. The van der Waals surface area contributed by atoms with Gasteiger partial charge in [-0.25, -0.2) is 4.79 Å². The van der Waals surface area contributed by atoms with Gasteiger partial charge in [0.1, 0.15) is 0 Å². The first-order chi connectivity index (χ1) is 12.0. The molecular weight excluding hydrogens is 318 g/mol. The summed E-state index contributed by atoms with van der Waals surface area (Å²) in [5.41, 5.74) is 1.66. The van der Waals surface area contributed by atoms with Crippen molar-refractivity contribution in [3.63, 3.8) is 0 Å². The lowest BCUT2D eigenvalue weighted by Gasteiger charge is -2.40. The largest absolute Gasteiger partial charge is 0.343 e. The van der Waals surface area contributed by atoms with Crippen LogP contribution in [0.25, 0.3) is 0 Å². The van der Waals surface area contributed by atoms with E-state index in [0.29, 0.717) is 17.9 Å². The molecular formula is C20H17NO4. The number of imide groups is 1. The number of benzene rings is 2. The third kappa shape index (κ3) is 2.19. The van der Waals surface area contributed by atoms with E-state index in [1.807, 2.05) is 31.2 Å². The predicted octanol–water partition coefficient (Wildman–Crippen LogP) is 3.17. The fraction of sp³-hybridized carbons (Fsp3) is 0.250. The Bertz CT molecular complexity index is 863.